The van der Waals surface area contributed by atoms with Crippen LogP contribution in [0.25, 0.3) is 0 Å². The van der Waals surface area contributed by atoms with E-state index in [1.54, 1.807) is 0 Å². The predicted octanol–water partition coefficient (Wildman–Crippen LogP) is 3.16. The standard InChI is InChI=1S/C17H34N4.HI/c1-14-10-15(2)12-21(11-14)17(3,4)13-19-16(18)20-8-6-5-7-9-20;/h14-15H,5-13H2,1-4H3,(H2,18,19);1H. The summed E-state index contributed by atoms with van der Waals surface area (Å²) < 4.78 is 0. The van der Waals surface area contributed by atoms with Gasteiger partial charge in [0.15, 0.2) is 5.96 Å². The van der Waals surface area contributed by atoms with E-state index in [2.05, 4.69) is 37.5 Å². The van der Waals surface area contributed by atoms with E-state index in [-0.39, 0.29) is 29.5 Å². The highest BCUT2D eigenvalue weighted by atomic mass is 127. The van der Waals surface area contributed by atoms with Gasteiger partial charge in [0.25, 0.3) is 0 Å². The molecule has 130 valence electrons. The molecule has 2 fully saturated rings. The number of hydrogen-bond donors (Lipinski definition) is 1. The molecule has 2 aliphatic heterocycles. The van der Waals surface area contributed by atoms with E-state index >= 15 is 0 Å². The third-order valence-corrected chi connectivity index (χ3v) is 5.03. The summed E-state index contributed by atoms with van der Waals surface area (Å²) in [7, 11) is 0. The molecule has 0 radical (unpaired) electrons. The number of halogens is 1. The minimum Gasteiger partial charge on any atom is -0.370 e. The van der Waals surface area contributed by atoms with Crippen molar-refractivity contribution in [3.63, 3.8) is 0 Å². The van der Waals surface area contributed by atoms with E-state index in [1.807, 2.05) is 0 Å². The number of hydrogen-bond acceptors (Lipinski definition) is 2. The molecule has 0 aromatic rings. The summed E-state index contributed by atoms with van der Waals surface area (Å²) in [6.45, 7) is 14.7. The van der Waals surface area contributed by atoms with Crippen molar-refractivity contribution < 1.29 is 0 Å². The van der Waals surface area contributed by atoms with Crippen LogP contribution in [0.3, 0.4) is 0 Å². The number of rotatable bonds is 3. The van der Waals surface area contributed by atoms with Crippen molar-refractivity contribution in [2.24, 2.45) is 22.6 Å². The van der Waals surface area contributed by atoms with E-state index in [0.717, 1.165) is 37.4 Å². The second kappa shape index (κ2) is 8.71. The van der Waals surface area contributed by atoms with Crippen molar-refractivity contribution >= 4 is 29.9 Å². The largest absolute Gasteiger partial charge is 0.370 e. The van der Waals surface area contributed by atoms with Gasteiger partial charge in [-0.2, -0.15) is 0 Å². The Bertz CT molecular complexity index is 354. The Morgan fingerprint density at radius 2 is 1.64 bits per heavy atom. The highest BCUT2D eigenvalue weighted by molar-refractivity contribution is 14.0. The van der Waals surface area contributed by atoms with Gasteiger partial charge in [-0.15, -0.1) is 24.0 Å². The minimum atomic E-state index is 0. The summed E-state index contributed by atoms with van der Waals surface area (Å²) in [4.78, 5) is 9.58. The van der Waals surface area contributed by atoms with E-state index in [9.17, 15) is 0 Å². The number of aliphatic imine (C=N–C) groups is 1. The Balaban J connectivity index is 0.00000242. The van der Waals surface area contributed by atoms with Gasteiger partial charge in [0.1, 0.15) is 0 Å². The molecule has 2 atom stereocenters. The maximum absolute atomic E-state index is 6.20. The molecule has 0 aromatic carbocycles. The lowest BCUT2D eigenvalue weighted by Crippen LogP contribution is -2.53. The number of nitrogens with zero attached hydrogens (tertiary/aromatic N) is 3. The van der Waals surface area contributed by atoms with Crippen molar-refractivity contribution in [3.05, 3.63) is 0 Å². The van der Waals surface area contributed by atoms with Crippen LogP contribution in [0.1, 0.15) is 53.4 Å². The Kier molecular flexibility index (Phi) is 7.92. The number of guanidine groups is 1. The van der Waals surface area contributed by atoms with E-state index in [0.29, 0.717) is 0 Å². The van der Waals surface area contributed by atoms with E-state index < -0.39 is 0 Å². The summed E-state index contributed by atoms with van der Waals surface area (Å²) in [5, 5.41) is 0. The Labute approximate surface area is 153 Å². The zero-order valence-corrected chi connectivity index (χ0v) is 17.2. The highest BCUT2D eigenvalue weighted by Crippen LogP contribution is 2.27. The fourth-order valence-electron chi connectivity index (χ4n) is 3.75. The lowest BCUT2D eigenvalue weighted by Gasteiger charge is -2.44. The van der Waals surface area contributed by atoms with Gasteiger partial charge in [-0.25, -0.2) is 0 Å². The molecule has 2 saturated heterocycles. The normalized spacial score (nSPS) is 28.4. The summed E-state index contributed by atoms with van der Waals surface area (Å²) in [5.41, 5.74) is 6.30. The molecule has 0 aliphatic carbocycles. The second-order valence-corrected chi connectivity index (χ2v) is 7.89. The molecule has 0 bridgehead atoms. The van der Waals surface area contributed by atoms with Gasteiger partial charge in [-0.3, -0.25) is 9.89 Å². The molecular formula is C17H35IN4. The first-order valence-electron chi connectivity index (χ1n) is 8.68. The summed E-state index contributed by atoms with van der Waals surface area (Å²) >= 11 is 0. The van der Waals surface area contributed by atoms with Gasteiger partial charge < -0.3 is 10.6 Å². The first-order valence-corrected chi connectivity index (χ1v) is 8.68. The number of nitrogens with two attached hydrogens (primary N) is 1. The molecule has 2 N–H and O–H groups in total. The maximum atomic E-state index is 6.20. The maximum Gasteiger partial charge on any atom is 0.191 e. The highest BCUT2D eigenvalue weighted by Gasteiger charge is 2.32. The molecular weight excluding hydrogens is 387 g/mol. The molecule has 2 aliphatic rings. The van der Waals surface area contributed by atoms with Crippen LogP contribution in [0.2, 0.25) is 0 Å². The van der Waals surface area contributed by atoms with Crippen LogP contribution < -0.4 is 5.73 Å². The van der Waals surface area contributed by atoms with Gasteiger partial charge in [0.2, 0.25) is 0 Å². The third kappa shape index (κ3) is 5.55. The van der Waals surface area contributed by atoms with Crippen LogP contribution in [0.4, 0.5) is 0 Å². The van der Waals surface area contributed by atoms with Crippen LogP contribution in [-0.2, 0) is 0 Å². The zero-order chi connectivity index (χ0) is 15.5. The fourth-order valence-corrected chi connectivity index (χ4v) is 3.75. The molecule has 22 heavy (non-hydrogen) atoms. The average Bonchev–Trinajstić information content (AvgIpc) is 2.45. The Morgan fingerprint density at radius 1 is 1.09 bits per heavy atom. The third-order valence-electron chi connectivity index (χ3n) is 5.03. The Hall–Kier alpha value is -0.0400. The SMILES string of the molecule is CC1CC(C)CN(C(C)(C)CN=C(N)N2CCCCC2)C1.I. The van der Waals surface area contributed by atoms with Gasteiger partial charge in [0, 0.05) is 31.7 Å². The van der Waals surface area contributed by atoms with Gasteiger partial charge in [0.05, 0.1) is 6.54 Å². The lowest BCUT2D eigenvalue weighted by molar-refractivity contribution is 0.0511. The van der Waals surface area contributed by atoms with Crippen molar-refractivity contribution in [3.8, 4) is 0 Å². The van der Waals surface area contributed by atoms with Crippen molar-refractivity contribution in [1.29, 1.82) is 0 Å². The quantitative estimate of drug-likeness (QED) is 0.432. The molecule has 4 nitrogen and oxygen atoms in total. The van der Waals surface area contributed by atoms with Gasteiger partial charge in [-0.1, -0.05) is 13.8 Å². The zero-order valence-electron chi connectivity index (χ0n) is 14.8. The predicted molar refractivity (Wildman–Crippen MR) is 106 cm³/mol. The molecule has 0 aromatic heterocycles. The van der Waals surface area contributed by atoms with Gasteiger partial charge >= 0.3 is 0 Å². The van der Waals surface area contributed by atoms with Crippen LogP contribution in [-0.4, -0.2) is 54.0 Å². The van der Waals surface area contributed by atoms with Crippen molar-refractivity contribution in [2.45, 2.75) is 58.9 Å². The van der Waals surface area contributed by atoms with Crippen molar-refractivity contribution in [2.75, 3.05) is 32.7 Å². The van der Waals surface area contributed by atoms with Crippen LogP contribution in [0.5, 0.6) is 0 Å². The summed E-state index contributed by atoms with van der Waals surface area (Å²) in [5.74, 6) is 2.33. The number of likely N-dealkylation sites (tertiary alicyclic amines) is 2. The minimum absolute atomic E-state index is 0. The average molecular weight is 422 g/mol. The van der Waals surface area contributed by atoms with Crippen LogP contribution >= 0.6 is 24.0 Å². The van der Waals surface area contributed by atoms with Crippen LogP contribution in [0.15, 0.2) is 4.99 Å². The second-order valence-electron chi connectivity index (χ2n) is 7.89. The molecule has 0 spiro atoms. The molecule has 5 heteroatoms. The molecule has 0 amide bonds. The molecule has 0 saturated carbocycles. The molecule has 2 unspecified atom stereocenters. The smallest absolute Gasteiger partial charge is 0.191 e. The Morgan fingerprint density at radius 3 is 2.18 bits per heavy atom. The monoisotopic (exact) mass is 422 g/mol. The van der Waals surface area contributed by atoms with E-state index in [1.165, 1.54) is 38.8 Å². The summed E-state index contributed by atoms with van der Waals surface area (Å²) in [6.07, 6.45) is 5.19. The first-order chi connectivity index (χ1) is 9.88. The lowest BCUT2D eigenvalue weighted by atomic mass is 9.88. The van der Waals surface area contributed by atoms with Crippen LogP contribution in [0, 0.1) is 11.8 Å². The first kappa shape index (κ1) is 20.0. The fraction of sp³-hybridized carbons (Fsp3) is 0.941. The molecule has 2 heterocycles. The number of piperidine rings is 2. The summed E-state index contributed by atoms with van der Waals surface area (Å²) in [6, 6.07) is 0. The topological polar surface area (TPSA) is 44.9 Å². The molecule has 2 rings (SSSR count). The van der Waals surface area contributed by atoms with Gasteiger partial charge in [-0.05, 0) is 51.4 Å². The van der Waals surface area contributed by atoms with Crippen molar-refractivity contribution in [1.82, 2.24) is 9.80 Å². The van der Waals surface area contributed by atoms with E-state index in [4.69, 9.17) is 10.7 Å².